The fraction of sp³-hybridized carbons (Fsp3) is 0.364. The second kappa shape index (κ2) is 7.73. The monoisotopic (exact) mass is 348 g/mol. The highest BCUT2D eigenvalue weighted by Crippen LogP contribution is 2.36. The molecule has 0 unspecified atom stereocenters. The standard InChI is InChI=1S/C22H28N4/c1-6-16(2)20(23-4)14-17(3)25(5)15-22-24-19-12-7-8-13-21(19)26(22)18-10-9-11-18/h7-8,12-14,18H,2-4,6,9-11,15H2,1,5H3/b20-14-. The number of fused-ring (bicyclic) bond motifs is 1. The maximum atomic E-state index is 4.89. The third-order valence-electron chi connectivity index (χ3n) is 5.24. The highest BCUT2D eigenvalue weighted by atomic mass is 15.2. The Morgan fingerprint density at radius 3 is 2.69 bits per heavy atom. The summed E-state index contributed by atoms with van der Waals surface area (Å²) in [5.41, 5.74) is 4.95. The van der Waals surface area contributed by atoms with Crippen molar-refractivity contribution in [3.8, 4) is 0 Å². The third-order valence-corrected chi connectivity index (χ3v) is 5.24. The van der Waals surface area contributed by atoms with Crippen LogP contribution in [0.5, 0.6) is 0 Å². The number of hydrogen-bond acceptors (Lipinski definition) is 3. The lowest BCUT2D eigenvalue weighted by atomic mass is 9.92. The van der Waals surface area contributed by atoms with Crippen LogP contribution < -0.4 is 0 Å². The summed E-state index contributed by atoms with van der Waals surface area (Å²) in [4.78, 5) is 11.1. The number of nitrogens with zero attached hydrogens (tertiary/aromatic N) is 4. The Morgan fingerprint density at radius 2 is 2.08 bits per heavy atom. The average Bonchev–Trinajstić information content (AvgIpc) is 2.95. The van der Waals surface area contributed by atoms with Crippen LogP contribution in [0.3, 0.4) is 0 Å². The number of allylic oxidation sites excluding steroid dienone is 2. The highest BCUT2D eigenvalue weighted by Gasteiger charge is 2.25. The fourth-order valence-electron chi connectivity index (χ4n) is 3.28. The molecule has 0 atom stereocenters. The van der Waals surface area contributed by atoms with Gasteiger partial charge in [-0.05, 0) is 56.2 Å². The van der Waals surface area contributed by atoms with E-state index in [0.717, 1.165) is 34.7 Å². The van der Waals surface area contributed by atoms with Crippen molar-refractivity contribution in [3.63, 3.8) is 0 Å². The summed E-state index contributed by atoms with van der Waals surface area (Å²) in [7, 11) is 2.04. The summed E-state index contributed by atoms with van der Waals surface area (Å²) in [6.45, 7) is 14.7. The van der Waals surface area contributed by atoms with Crippen LogP contribution in [-0.2, 0) is 6.54 Å². The summed E-state index contributed by atoms with van der Waals surface area (Å²) >= 11 is 0. The van der Waals surface area contributed by atoms with Crippen LogP contribution in [0.1, 0.15) is 44.5 Å². The molecule has 0 bridgehead atoms. The van der Waals surface area contributed by atoms with Crippen molar-refractivity contribution in [1.29, 1.82) is 0 Å². The molecule has 1 heterocycles. The summed E-state index contributed by atoms with van der Waals surface area (Å²) < 4.78 is 2.42. The molecule has 0 amide bonds. The van der Waals surface area contributed by atoms with Gasteiger partial charge in [0.25, 0.3) is 0 Å². The van der Waals surface area contributed by atoms with Gasteiger partial charge in [-0.2, -0.15) is 0 Å². The first kappa shape index (κ1) is 18.2. The molecule has 1 fully saturated rings. The van der Waals surface area contributed by atoms with Crippen molar-refractivity contribution in [3.05, 3.63) is 66.3 Å². The molecular formula is C22H28N4. The zero-order valence-electron chi connectivity index (χ0n) is 15.9. The van der Waals surface area contributed by atoms with Crippen LogP contribution >= 0.6 is 0 Å². The predicted molar refractivity (Wildman–Crippen MR) is 110 cm³/mol. The molecule has 1 aliphatic carbocycles. The Kier molecular flexibility index (Phi) is 5.40. The van der Waals surface area contributed by atoms with E-state index in [1.165, 1.54) is 24.8 Å². The number of aromatic nitrogens is 2. The molecule has 1 aromatic heterocycles. The number of rotatable bonds is 8. The summed E-state index contributed by atoms with van der Waals surface area (Å²) in [5.74, 6) is 1.09. The Balaban J connectivity index is 1.86. The van der Waals surface area contributed by atoms with Gasteiger partial charge < -0.3 is 9.47 Å². The van der Waals surface area contributed by atoms with Gasteiger partial charge in [-0.15, -0.1) is 0 Å². The molecule has 4 heteroatoms. The minimum Gasteiger partial charge on any atom is -0.368 e. The minimum atomic E-state index is 0.569. The molecule has 1 saturated carbocycles. The Hall–Kier alpha value is -2.62. The number of aliphatic imine (C=N–C) groups is 1. The molecule has 136 valence electrons. The molecule has 4 nitrogen and oxygen atoms in total. The van der Waals surface area contributed by atoms with Crippen molar-refractivity contribution >= 4 is 17.8 Å². The smallest absolute Gasteiger partial charge is 0.129 e. The van der Waals surface area contributed by atoms with E-state index in [1.807, 2.05) is 19.2 Å². The van der Waals surface area contributed by atoms with Gasteiger partial charge in [-0.1, -0.05) is 32.2 Å². The molecule has 0 radical (unpaired) electrons. The lowest BCUT2D eigenvalue weighted by molar-refractivity contribution is 0.299. The van der Waals surface area contributed by atoms with Crippen molar-refractivity contribution in [2.24, 2.45) is 4.99 Å². The van der Waals surface area contributed by atoms with Gasteiger partial charge in [0.05, 0.1) is 23.3 Å². The molecule has 0 N–H and O–H groups in total. The first-order valence-electron chi connectivity index (χ1n) is 9.27. The van der Waals surface area contributed by atoms with Crippen molar-refractivity contribution in [1.82, 2.24) is 14.5 Å². The Bertz CT molecular complexity index is 867. The summed E-state index contributed by atoms with van der Waals surface area (Å²) in [6.07, 6.45) is 6.57. The van der Waals surface area contributed by atoms with Crippen molar-refractivity contribution < 1.29 is 0 Å². The van der Waals surface area contributed by atoms with E-state index in [9.17, 15) is 0 Å². The fourth-order valence-corrected chi connectivity index (χ4v) is 3.28. The van der Waals surface area contributed by atoms with Crippen LogP contribution in [0.15, 0.2) is 65.5 Å². The zero-order chi connectivity index (χ0) is 18.7. The van der Waals surface area contributed by atoms with E-state index in [-0.39, 0.29) is 0 Å². The largest absolute Gasteiger partial charge is 0.368 e. The van der Waals surface area contributed by atoms with Gasteiger partial charge in [-0.3, -0.25) is 4.99 Å². The van der Waals surface area contributed by atoms with Crippen molar-refractivity contribution in [2.75, 3.05) is 7.05 Å². The molecule has 0 aliphatic heterocycles. The van der Waals surface area contributed by atoms with Crippen LogP contribution in [0.2, 0.25) is 0 Å². The molecule has 1 aliphatic rings. The predicted octanol–water partition coefficient (Wildman–Crippen LogP) is 5.26. The van der Waals surface area contributed by atoms with Crippen LogP contribution in [0.25, 0.3) is 11.0 Å². The van der Waals surface area contributed by atoms with Crippen LogP contribution in [0, 0.1) is 0 Å². The lowest BCUT2D eigenvalue weighted by Crippen LogP contribution is -2.23. The van der Waals surface area contributed by atoms with Crippen LogP contribution in [0.4, 0.5) is 0 Å². The Morgan fingerprint density at radius 1 is 1.35 bits per heavy atom. The van der Waals surface area contributed by atoms with Gasteiger partial charge in [-0.25, -0.2) is 4.98 Å². The normalized spacial score (nSPS) is 14.9. The molecular weight excluding hydrogens is 320 g/mol. The maximum Gasteiger partial charge on any atom is 0.129 e. The molecule has 26 heavy (non-hydrogen) atoms. The van der Waals surface area contributed by atoms with E-state index >= 15 is 0 Å². The zero-order valence-corrected chi connectivity index (χ0v) is 15.9. The van der Waals surface area contributed by atoms with Gasteiger partial charge in [0.15, 0.2) is 0 Å². The second-order valence-electron chi connectivity index (χ2n) is 6.96. The second-order valence-corrected chi connectivity index (χ2v) is 6.96. The SMILES string of the molecule is C=N/C(=C\C(=C)N(C)Cc1nc2ccccc2n1C1CCC1)C(=C)CC. The minimum absolute atomic E-state index is 0.569. The van der Waals surface area contributed by atoms with Gasteiger partial charge in [0, 0.05) is 18.8 Å². The van der Waals surface area contributed by atoms with E-state index < -0.39 is 0 Å². The third kappa shape index (κ3) is 3.50. The van der Waals surface area contributed by atoms with Crippen molar-refractivity contribution in [2.45, 2.75) is 45.2 Å². The van der Waals surface area contributed by atoms with E-state index in [0.29, 0.717) is 12.6 Å². The van der Waals surface area contributed by atoms with Crippen LogP contribution in [-0.4, -0.2) is 28.2 Å². The van der Waals surface area contributed by atoms with E-state index in [2.05, 4.69) is 59.5 Å². The number of likely N-dealkylation sites (N-methyl/N-ethyl adjacent to an activating group) is 1. The highest BCUT2D eigenvalue weighted by molar-refractivity contribution is 5.76. The van der Waals surface area contributed by atoms with E-state index in [4.69, 9.17) is 4.98 Å². The lowest BCUT2D eigenvalue weighted by Gasteiger charge is -2.30. The number of hydrogen-bond donors (Lipinski definition) is 0. The summed E-state index contributed by atoms with van der Waals surface area (Å²) in [6, 6.07) is 8.97. The number of imidazole rings is 1. The Labute approximate surface area is 156 Å². The van der Waals surface area contributed by atoms with Gasteiger partial charge in [0.2, 0.25) is 0 Å². The molecule has 1 aromatic carbocycles. The molecule has 0 spiro atoms. The van der Waals surface area contributed by atoms with Gasteiger partial charge in [0.1, 0.15) is 5.82 Å². The maximum absolute atomic E-state index is 4.89. The topological polar surface area (TPSA) is 33.4 Å². The number of benzene rings is 1. The molecule has 3 rings (SSSR count). The first-order valence-corrected chi connectivity index (χ1v) is 9.27. The summed E-state index contributed by atoms with van der Waals surface area (Å²) in [5, 5.41) is 0. The quantitative estimate of drug-likeness (QED) is 0.482. The average molecular weight is 348 g/mol. The molecule has 0 saturated heterocycles. The number of para-hydroxylation sites is 2. The van der Waals surface area contributed by atoms with Gasteiger partial charge >= 0.3 is 0 Å². The molecule has 2 aromatic rings. The van der Waals surface area contributed by atoms with E-state index in [1.54, 1.807) is 0 Å². The first-order chi connectivity index (χ1) is 12.5.